The van der Waals surface area contributed by atoms with E-state index >= 15 is 0 Å². The smallest absolute Gasteiger partial charge is 0.341 e. The summed E-state index contributed by atoms with van der Waals surface area (Å²) in [6, 6.07) is 0.780. The van der Waals surface area contributed by atoms with Gasteiger partial charge in [-0.15, -0.1) is 0 Å². The van der Waals surface area contributed by atoms with E-state index in [2.05, 4.69) is 0 Å². The van der Waals surface area contributed by atoms with Gasteiger partial charge >= 0.3 is 11.7 Å². The maximum atomic E-state index is 13.5. The summed E-state index contributed by atoms with van der Waals surface area (Å²) in [5.41, 5.74) is -1.75. The maximum Gasteiger partial charge on any atom is 0.341 e. The Morgan fingerprint density at radius 3 is 2.58 bits per heavy atom. The SMILES string of the molecule is COCC(C)OC(=O)c1cc(F)c([N+](=O)[O-])cc1F. The van der Waals surface area contributed by atoms with Crippen molar-refractivity contribution in [2.75, 3.05) is 13.7 Å². The molecule has 1 rings (SSSR count). The molecule has 8 heteroatoms. The molecule has 0 spiro atoms. The van der Waals surface area contributed by atoms with Gasteiger partial charge in [0.05, 0.1) is 23.2 Å². The van der Waals surface area contributed by atoms with Crippen molar-refractivity contribution in [1.29, 1.82) is 0 Å². The van der Waals surface area contributed by atoms with E-state index in [1.54, 1.807) is 0 Å². The molecular formula is C11H11F2NO5. The lowest BCUT2D eigenvalue weighted by atomic mass is 10.2. The average molecular weight is 275 g/mol. The number of hydrogen-bond donors (Lipinski definition) is 0. The van der Waals surface area contributed by atoms with E-state index in [-0.39, 0.29) is 6.61 Å². The number of carbonyl (C=O) groups excluding carboxylic acids is 1. The maximum absolute atomic E-state index is 13.5. The van der Waals surface area contributed by atoms with Gasteiger partial charge in [-0.1, -0.05) is 0 Å². The zero-order chi connectivity index (χ0) is 14.6. The van der Waals surface area contributed by atoms with Crippen LogP contribution < -0.4 is 0 Å². The third-order valence-electron chi connectivity index (χ3n) is 2.16. The van der Waals surface area contributed by atoms with Crippen LogP contribution >= 0.6 is 0 Å². The Labute approximate surface area is 107 Å². The van der Waals surface area contributed by atoms with Crippen LogP contribution in [0.4, 0.5) is 14.5 Å². The number of esters is 1. The second-order valence-electron chi connectivity index (χ2n) is 3.71. The van der Waals surface area contributed by atoms with E-state index in [0.717, 1.165) is 0 Å². The van der Waals surface area contributed by atoms with Gasteiger partial charge in [0.2, 0.25) is 5.82 Å². The van der Waals surface area contributed by atoms with Gasteiger partial charge in [-0.25, -0.2) is 9.18 Å². The molecule has 0 bridgehead atoms. The molecule has 1 aromatic rings. The highest BCUT2D eigenvalue weighted by Gasteiger charge is 2.23. The van der Waals surface area contributed by atoms with Gasteiger partial charge in [0.25, 0.3) is 0 Å². The van der Waals surface area contributed by atoms with Crippen LogP contribution in [-0.4, -0.2) is 30.7 Å². The number of nitro groups is 1. The molecule has 6 nitrogen and oxygen atoms in total. The summed E-state index contributed by atoms with van der Waals surface area (Å²) in [6.45, 7) is 1.59. The number of hydrogen-bond acceptors (Lipinski definition) is 5. The molecule has 0 amide bonds. The van der Waals surface area contributed by atoms with Gasteiger partial charge < -0.3 is 9.47 Å². The Balaban J connectivity index is 2.99. The summed E-state index contributed by atoms with van der Waals surface area (Å²) in [6.07, 6.45) is -0.657. The van der Waals surface area contributed by atoms with Crippen LogP contribution in [0.2, 0.25) is 0 Å². The highest BCUT2D eigenvalue weighted by atomic mass is 19.1. The third-order valence-corrected chi connectivity index (χ3v) is 2.16. The molecule has 0 aromatic heterocycles. The second-order valence-corrected chi connectivity index (χ2v) is 3.71. The largest absolute Gasteiger partial charge is 0.457 e. The molecular weight excluding hydrogens is 264 g/mol. The fourth-order valence-electron chi connectivity index (χ4n) is 1.35. The summed E-state index contributed by atoms with van der Waals surface area (Å²) in [5, 5.41) is 10.4. The highest BCUT2D eigenvalue weighted by Crippen LogP contribution is 2.22. The predicted molar refractivity (Wildman–Crippen MR) is 59.8 cm³/mol. The van der Waals surface area contributed by atoms with Crippen LogP contribution in [-0.2, 0) is 9.47 Å². The Kier molecular flexibility index (Phi) is 4.87. The molecule has 0 N–H and O–H groups in total. The lowest BCUT2D eigenvalue weighted by Gasteiger charge is -2.12. The topological polar surface area (TPSA) is 78.7 Å². The molecule has 1 aromatic carbocycles. The van der Waals surface area contributed by atoms with Crippen molar-refractivity contribution in [2.45, 2.75) is 13.0 Å². The first-order valence-electron chi connectivity index (χ1n) is 5.20. The monoisotopic (exact) mass is 275 g/mol. The quantitative estimate of drug-likeness (QED) is 0.467. The lowest BCUT2D eigenvalue weighted by Crippen LogP contribution is -2.20. The van der Waals surface area contributed by atoms with Gasteiger partial charge in [-0.05, 0) is 13.0 Å². The highest BCUT2D eigenvalue weighted by molar-refractivity contribution is 5.90. The van der Waals surface area contributed by atoms with Gasteiger partial charge in [-0.3, -0.25) is 10.1 Å². The van der Waals surface area contributed by atoms with Crippen LogP contribution in [0.5, 0.6) is 0 Å². The van der Waals surface area contributed by atoms with Gasteiger partial charge in [0, 0.05) is 7.11 Å². The van der Waals surface area contributed by atoms with Crippen LogP contribution in [0.3, 0.4) is 0 Å². The molecule has 1 atom stereocenters. The van der Waals surface area contributed by atoms with Crippen molar-refractivity contribution < 1.29 is 28.0 Å². The molecule has 19 heavy (non-hydrogen) atoms. The van der Waals surface area contributed by atoms with Crippen molar-refractivity contribution in [3.8, 4) is 0 Å². The Morgan fingerprint density at radius 2 is 2.05 bits per heavy atom. The van der Waals surface area contributed by atoms with Crippen molar-refractivity contribution in [1.82, 2.24) is 0 Å². The van der Waals surface area contributed by atoms with E-state index in [4.69, 9.17) is 9.47 Å². The minimum absolute atomic E-state index is 0.0861. The minimum Gasteiger partial charge on any atom is -0.457 e. The zero-order valence-corrected chi connectivity index (χ0v) is 10.2. The van der Waals surface area contributed by atoms with Crippen molar-refractivity contribution in [3.63, 3.8) is 0 Å². The first-order chi connectivity index (χ1) is 8.86. The molecule has 0 radical (unpaired) electrons. The second kappa shape index (κ2) is 6.19. The number of rotatable bonds is 5. The van der Waals surface area contributed by atoms with Crippen molar-refractivity contribution >= 4 is 11.7 Å². The zero-order valence-electron chi connectivity index (χ0n) is 10.2. The Hall–Kier alpha value is -2.09. The molecule has 104 valence electrons. The van der Waals surface area contributed by atoms with Crippen LogP contribution in [0.15, 0.2) is 12.1 Å². The fraction of sp³-hybridized carbons (Fsp3) is 0.364. The summed E-state index contributed by atoms with van der Waals surface area (Å²) in [5.74, 6) is -3.64. The molecule has 0 aliphatic rings. The van der Waals surface area contributed by atoms with Crippen LogP contribution in [0.1, 0.15) is 17.3 Å². The van der Waals surface area contributed by atoms with Crippen molar-refractivity contribution in [3.05, 3.63) is 39.4 Å². The number of halogens is 2. The number of benzene rings is 1. The van der Waals surface area contributed by atoms with Gasteiger partial charge in [0.15, 0.2) is 0 Å². The van der Waals surface area contributed by atoms with Gasteiger partial charge in [0.1, 0.15) is 11.9 Å². The van der Waals surface area contributed by atoms with E-state index in [9.17, 15) is 23.7 Å². The summed E-state index contributed by atoms with van der Waals surface area (Å²) in [7, 11) is 1.39. The fourth-order valence-corrected chi connectivity index (χ4v) is 1.35. The average Bonchev–Trinajstić information content (AvgIpc) is 2.31. The van der Waals surface area contributed by atoms with Gasteiger partial charge in [-0.2, -0.15) is 4.39 Å². The van der Waals surface area contributed by atoms with Crippen molar-refractivity contribution in [2.24, 2.45) is 0 Å². The minimum atomic E-state index is -1.31. The Morgan fingerprint density at radius 1 is 1.42 bits per heavy atom. The third kappa shape index (κ3) is 3.68. The summed E-state index contributed by atoms with van der Waals surface area (Å²) in [4.78, 5) is 20.8. The van der Waals surface area contributed by atoms with Crippen LogP contribution in [0, 0.1) is 21.7 Å². The number of nitrogens with zero attached hydrogens (tertiary/aromatic N) is 1. The van der Waals surface area contributed by atoms with E-state index in [1.165, 1.54) is 14.0 Å². The number of nitro benzene ring substituents is 1. The molecule has 0 aliphatic heterocycles. The first kappa shape index (κ1) is 15.0. The van der Waals surface area contributed by atoms with E-state index in [0.29, 0.717) is 12.1 Å². The summed E-state index contributed by atoms with van der Waals surface area (Å²) >= 11 is 0. The number of ether oxygens (including phenoxy) is 2. The predicted octanol–water partition coefficient (Wildman–Crippen LogP) is 2.06. The molecule has 0 saturated heterocycles. The first-order valence-corrected chi connectivity index (χ1v) is 5.20. The molecule has 0 fully saturated rings. The molecule has 0 saturated carbocycles. The summed E-state index contributed by atoms with van der Waals surface area (Å²) < 4.78 is 36.2. The standard InChI is InChI=1S/C11H11F2NO5/c1-6(5-18-2)19-11(15)7-3-9(13)10(14(16)17)4-8(7)12/h3-4,6H,5H2,1-2H3. The normalized spacial score (nSPS) is 12.0. The number of methoxy groups -OCH3 is 1. The number of carbonyl (C=O) groups is 1. The molecule has 0 aliphatic carbocycles. The van der Waals surface area contributed by atoms with E-state index < -0.39 is 39.9 Å². The van der Waals surface area contributed by atoms with Crippen LogP contribution in [0.25, 0.3) is 0 Å². The molecule has 1 unspecified atom stereocenters. The lowest BCUT2D eigenvalue weighted by molar-refractivity contribution is -0.387. The van der Waals surface area contributed by atoms with E-state index in [1.807, 2.05) is 0 Å². The Bertz CT molecular complexity index is 506. The molecule has 0 heterocycles.